The van der Waals surface area contributed by atoms with E-state index in [-0.39, 0.29) is 24.5 Å². The van der Waals surface area contributed by atoms with Gasteiger partial charge in [0.05, 0.1) is 0 Å². The summed E-state index contributed by atoms with van der Waals surface area (Å²) in [5.41, 5.74) is 2.83. The van der Waals surface area contributed by atoms with Crippen LogP contribution in [0.15, 0.2) is 18.2 Å². The number of ether oxygens (including phenoxy) is 1. The second kappa shape index (κ2) is 8.40. The first-order valence-electron chi connectivity index (χ1n) is 11.1. The van der Waals surface area contributed by atoms with Crippen LogP contribution < -0.4 is 10.6 Å². The van der Waals surface area contributed by atoms with Crippen LogP contribution in [0.25, 0.3) is 0 Å². The molecule has 0 spiro atoms. The van der Waals surface area contributed by atoms with E-state index in [1.165, 1.54) is 19.3 Å². The number of nitrogens with one attached hydrogen (secondary N) is 2. The summed E-state index contributed by atoms with van der Waals surface area (Å²) >= 11 is 0. The molecule has 1 aromatic rings. The van der Waals surface area contributed by atoms with Crippen molar-refractivity contribution in [2.75, 3.05) is 18.5 Å². The SMILES string of the molecule is Cc1ccc(C)c(NC(=O)COC(=O)CNC(=O)CC23CC4CC(CC(C4)C2)C3)c1. The molecule has 5 rings (SSSR count). The van der Waals surface area contributed by atoms with Crippen molar-refractivity contribution in [3.05, 3.63) is 29.3 Å². The summed E-state index contributed by atoms with van der Waals surface area (Å²) in [6.07, 6.45) is 8.03. The number of carbonyl (C=O) groups is 3. The van der Waals surface area contributed by atoms with Gasteiger partial charge in [-0.3, -0.25) is 14.4 Å². The summed E-state index contributed by atoms with van der Waals surface area (Å²) in [6, 6.07) is 5.77. The Balaban J connectivity index is 1.18. The number of hydrogen-bond donors (Lipinski definition) is 2. The fourth-order valence-electron chi connectivity index (χ4n) is 6.33. The summed E-state index contributed by atoms with van der Waals surface area (Å²) in [5.74, 6) is 1.33. The molecule has 0 saturated heterocycles. The highest BCUT2D eigenvalue weighted by atomic mass is 16.5. The van der Waals surface area contributed by atoms with Gasteiger partial charge in [-0.15, -0.1) is 0 Å². The molecule has 4 fully saturated rings. The maximum atomic E-state index is 12.5. The van der Waals surface area contributed by atoms with Gasteiger partial charge in [0, 0.05) is 12.1 Å². The number of carbonyl (C=O) groups excluding carboxylic acids is 3. The third-order valence-corrected chi connectivity index (χ3v) is 7.16. The first-order valence-corrected chi connectivity index (χ1v) is 11.1. The van der Waals surface area contributed by atoms with E-state index in [1.807, 2.05) is 32.0 Å². The van der Waals surface area contributed by atoms with Gasteiger partial charge in [-0.25, -0.2) is 0 Å². The quantitative estimate of drug-likeness (QED) is 0.671. The molecule has 1 aromatic carbocycles. The van der Waals surface area contributed by atoms with Crippen molar-refractivity contribution in [2.24, 2.45) is 23.2 Å². The van der Waals surface area contributed by atoms with Gasteiger partial charge in [0.25, 0.3) is 5.91 Å². The lowest BCUT2D eigenvalue weighted by molar-refractivity contribution is -0.147. The van der Waals surface area contributed by atoms with E-state index in [2.05, 4.69) is 10.6 Å². The van der Waals surface area contributed by atoms with Gasteiger partial charge in [-0.2, -0.15) is 0 Å². The largest absolute Gasteiger partial charge is 0.454 e. The van der Waals surface area contributed by atoms with Crippen molar-refractivity contribution in [3.63, 3.8) is 0 Å². The Morgan fingerprint density at radius 3 is 2.27 bits per heavy atom. The average molecular weight is 413 g/mol. The summed E-state index contributed by atoms with van der Waals surface area (Å²) in [7, 11) is 0. The fraction of sp³-hybridized carbons (Fsp3) is 0.625. The number of amides is 2. The standard InChI is InChI=1S/C24H32N2O4/c1-15-3-4-16(2)20(5-15)26-22(28)14-30-23(29)13-25-21(27)12-24-9-17-6-18(10-24)8-19(7-17)11-24/h3-5,17-19H,6-14H2,1-2H3,(H,25,27)(H,26,28). The zero-order valence-corrected chi connectivity index (χ0v) is 18.0. The van der Waals surface area contributed by atoms with Crippen LogP contribution >= 0.6 is 0 Å². The monoisotopic (exact) mass is 412 g/mol. The molecule has 0 aromatic heterocycles. The number of anilines is 1. The van der Waals surface area contributed by atoms with E-state index in [9.17, 15) is 14.4 Å². The van der Waals surface area contributed by atoms with Crippen LogP contribution in [0, 0.1) is 37.0 Å². The first kappa shape index (κ1) is 20.9. The van der Waals surface area contributed by atoms with Crippen molar-refractivity contribution in [3.8, 4) is 0 Å². The van der Waals surface area contributed by atoms with Crippen molar-refractivity contribution < 1.29 is 19.1 Å². The number of aryl methyl sites for hydroxylation is 2. The summed E-state index contributed by atoms with van der Waals surface area (Å²) in [5, 5.41) is 5.46. The smallest absolute Gasteiger partial charge is 0.325 e. The van der Waals surface area contributed by atoms with Gasteiger partial charge in [-0.05, 0) is 92.7 Å². The predicted molar refractivity (Wildman–Crippen MR) is 114 cm³/mol. The molecule has 0 radical (unpaired) electrons. The van der Waals surface area contributed by atoms with Crippen LogP contribution in [0.4, 0.5) is 5.69 Å². The number of benzene rings is 1. The van der Waals surface area contributed by atoms with E-state index in [0.29, 0.717) is 12.1 Å². The fourth-order valence-corrected chi connectivity index (χ4v) is 6.33. The minimum Gasteiger partial charge on any atom is -0.454 e. The van der Waals surface area contributed by atoms with Crippen molar-refractivity contribution >= 4 is 23.5 Å². The lowest BCUT2D eigenvalue weighted by Crippen LogP contribution is -2.48. The third-order valence-electron chi connectivity index (χ3n) is 7.16. The topological polar surface area (TPSA) is 84.5 Å². The molecule has 30 heavy (non-hydrogen) atoms. The van der Waals surface area contributed by atoms with E-state index < -0.39 is 11.9 Å². The van der Waals surface area contributed by atoms with Crippen molar-refractivity contribution in [1.29, 1.82) is 0 Å². The highest BCUT2D eigenvalue weighted by Gasteiger charge is 2.51. The second-order valence-corrected chi connectivity index (χ2v) is 9.90. The third kappa shape index (κ3) is 4.85. The van der Waals surface area contributed by atoms with Crippen LogP contribution in [0.1, 0.15) is 56.1 Å². The maximum absolute atomic E-state index is 12.5. The van der Waals surface area contributed by atoms with E-state index in [0.717, 1.165) is 48.1 Å². The zero-order chi connectivity index (χ0) is 21.3. The van der Waals surface area contributed by atoms with Crippen LogP contribution in [0.3, 0.4) is 0 Å². The summed E-state index contributed by atoms with van der Waals surface area (Å²) in [4.78, 5) is 36.5. The summed E-state index contributed by atoms with van der Waals surface area (Å²) < 4.78 is 5.02. The molecule has 4 aliphatic rings. The molecular formula is C24H32N2O4. The van der Waals surface area contributed by atoms with Gasteiger partial charge in [-0.1, -0.05) is 12.1 Å². The Morgan fingerprint density at radius 1 is 1.00 bits per heavy atom. The Morgan fingerprint density at radius 2 is 1.63 bits per heavy atom. The molecule has 2 amide bonds. The molecule has 4 saturated carbocycles. The number of rotatable bonds is 7. The average Bonchev–Trinajstić information content (AvgIpc) is 2.66. The highest BCUT2D eigenvalue weighted by molar-refractivity contribution is 5.93. The molecule has 4 bridgehead atoms. The second-order valence-electron chi connectivity index (χ2n) is 9.90. The van der Waals surface area contributed by atoms with Crippen LogP contribution in [-0.2, 0) is 19.1 Å². The molecule has 0 atom stereocenters. The van der Waals surface area contributed by atoms with Crippen LogP contribution in [0.5, 0.6) is 0 Å². The Labute approximate surface area is 178 Å². The first-order chi connectivity index (χ1) is 14.3. The molecule has 2 N–H and O–H groups in total. The van der Waals surface area contributed by atoms with Crippen LogP contribution in [-0.4, -0.2) is 30.9 Å². The maximum Gasteiger partial charge on any atom is 0.325 e. The Kier molecular flexibility index (Phi) is 5.85. The predicted octanol–water partition coefficient (Wildman–Crippen LogP) is 3.51. The lowest BCUT2D eigenvalue weighted by Gasteiger charge is -2.56. The van der Waals surface area contributed by atoms with Crippen molar-refractivity contribution in [1.82, 2.24) is 5.32 Å². The molecule has 6 heteroatoms. The molecule has 0 aliphatic heterocycles. The zero-order valence-electron chi connectivity index (χ0n) is 18.0. The molecule has 162 valence electrons. The molecule has 4 aliphatic carbocycles. The van der Waals surface area contributed by atoms with E-state index in [4.69, 9.17) is 4.74 Å². The minimum absolute atomic E-state index is 0.0752. The van der Waals surface area contributed by atoms with E-state index in [1.54, 1.807) is 0 Å². The highest BCUT2D eigenvalue weighted by Crippen LogP contribution is 2.61. The molecule has 6 nitrogen and oxygen atoms in total. The lowest BCUT2D eigenvalue weighted by atomic mass is 9.49. The minimum atomic E-state index is -0.593. The van der Waals surface area contributed by atoms with Gasteiger partial charge >= 0.3 is 5.97 Å². The normalized spacial score (nSPS) is 28.8. The van der Waals surface area contributed by atoms with Crippen molar-refractivity contribution in [2.45, 2.75) is 58.8 Å². The van der Waals surface area contributed by atoms with Gasteiger partial charge < -0.3 is 15.4 Å². The van der Waals surface area contributed by atoms with Gasteiger partial charge in [0.1, 0.15) is 6.54 Å². The Bertz CT molecular complexity index is 812. The number of hydrogen-bond acceptors (Lipinski definition) is 4. The molecule has 0 heterocycles. The van der Waals surface area contributed by atoms with Gasteiger partial charge in [0.2, 0.25) is 5.91 Å². The van der Waals surface area contributed by atoms with Crippen LogP contribution in [0.2, 0.25) is 0 Å². The summed E-state index contributed by atoms with van der Waals surface area (Å²) in [6.45, 7) is 3.29. The van der Waals surface area contributed by atoms with E-state index >= 15 is 0 Å². The Hall–Kier alpha value is -2.37. The molecular weight excluding hydrogens is 380 g/mol. The number of esters is 1. The van der Waals surface area contributed by atoms with Gasteiger partial charge in [0.15, 0.2) is 6.61 Å². The molecule has 0 unspecified atom stereocenters.